The molecule has 3 aromatic rings. The van der Waals surface area contributed by atoms with Crippen LogP contribution in [-0.4, -0.2) is 67.8 Å². The van der Waals surface area contributed by atoms with Crippen LogP contribution in [0.25, 0.3) is 16.9 Å². The van der Waals surface area contributed by atoms with E-state index in [1.807, 2.05) is 4.49 Å². The average molecular weight is 542 g/mol. The van der Waals surface area contributed by atoms with Gasteiger partial charge in [-0.1, -0.05) is 11.6 Å². The van der Waals surface area contributed by atoms with E-state index in [9.17, 15) is 17.4 Å². The standard InChI is InChI=1S/C20H22ClFN3O6PS.Na.H/c1-4-30-32(26,31-5-2)24-33(27,28)16-9-7-15(8-10-16)25-13-23-20(21)19(25)14-6-11-18(29-3)17(22)12-14;;/h6-13H,4-5H2,1-3H3,(H,24,26);;. The molecule has 0 saturated heterocycles. The minimum absolute atomic E-state index is 0. The van der Waals surface area contributed by atoms with Crippen LogP contribution in [-0.2, 0) is 23.6 Å². The first-order valence-electron chi connectivity index (χ1n) is 9.74. The number of methoxy groups -OCH3 is 1. The van der Waals surface area contributed by atoms with Crippen LogP contribution in [0.3, 0.4) is 0 Å². The molecule has 0 bridgehead atoms. The van der Waals surface area contributed by atoms with Crippen molar-refractivity contribution in [2.75, 3.05) is 20.3 Å². The number of hydrogen-bond acceptors (Lipinski definition) is 7. The number of nitrogens with zero attached hydrogens (tertiary/aromatic N) is 2. The Hall–Kier alpha value is -1.27. The van der Waals surface area contributed by atoms with Crippen LogP contribution in [0.4, 0.5) is 4.39 Å². The molecular weight excluding hydrogens is 519 g/mol. The number of aromatic nitrogens is 2. The zero-order chi connectivity index (χ0) is 24.2. The van der Waals surface area contributed by atoms with Gasteiger partial charge < -0.3 is 4.74 Å². The van der Waals surface area contributed by atoms with E-state index in [2.05, 4.69) is 4.98 Å². The van der Waals surface area contributed by atoms with Gasteiger partial charge in [0.15, 0.2) is 16.7 Å². The second kappa shape index (κ2) is 12.1. The number of benzene rings is 2. The third-order valence-electron chi connectivity index (χ3n) is 4.40. The Bertz CT molecular complexity index is 1280. The molecule has 0 fully saturated rings. The Labute approximate surface area is 224 Å². The third kappa shape index (κ3) is 6.48. The van der Waals surface area contributed by atoms with E-state index in [4.69, 9.17) is 25.4 Å². The summed E-state index contributed by atoms with van der Waals surface area (Å²) in [5.74, 6) is -0.487. The summed E-state index contributed by atoms with van der Waals surface area (Å²) >= 11 is 6.24. The summed E-state index contributed by atoms with van der Waals surface area (Å²) < 4.78 is 70.7. The Kier molecular flexibility index (Phi) is 10.3. The number of imidazole rings is 1. The zero-order valence-electron chi connectivity index (χ0n) is 18.0. The van der Waals surface area contributed by atoms with Crippen LogP contribution in [0, 0.1) is 5.82 Å². The van der Waals surface area contributed by atoms with Crippen molar-refractivity contribution in [3.63, 3.8) is 0 Å². The molecule has 0 amide bonds. The van der Waals surface area contributed by atoms with Gasteiger partial charge in [0.25, 0.3) is 0 Å². The molecule has 1 aromatic heterocycles. The predicted molar refractivity (Wildman–Crippen MR) is 129 cm³/mol. The quantitative estimate of drug-likeness (QED) is 0.303. The van der Waals surface area contributed by atoms with Crippen molar-refractivity contribution in [3.8, 4) is 22.7 Å². The van der Waals surface area contributed by atoms with E-state index in [0.717, 1.165) is 0 Å². The molecule has 3 rings (SSSR count). The molecule has 2 aromatic carbocycles. The molecule has 9 nitrogen and oxygen atoms in total. The van der Waals surface area contributed by atoms with E-state index >= 15 is 0 Å². The molecule has 0 radical (unpaired) electrons. The van der Waals surface area contributed by atoms with Crippen molar-refractivity contribution < 1.29 is 31.2 Å². The molecule has 0 aliphatic heterocycles. The van der Waals surface area contributed by atoms with Gasteiger partial charge >= 0.3 is 37.3 Å². The van der Waals surface area contributed by atoms with Crippen LogP contribution in [0.2, 0.25) is 5.15 Å². The fourth-order valence-electron chi connectivity index (χ4n) is 3.01. The number of nitrogens with one attached hydrogen (secondary N) is 1. The number of ether oxygens (including phenoxy) is 1. The van der Waals surface area contributed by atoms with Gasteiger partial charge in [0.1, 0.15) is 6.33 Å². The van der Waals surface area contributed by atoms with E-state index in [-0.39, 0.29) is 58.6 Å². The summed E-state index contributed by atoms with van der Waals surface area (Å²) in [5, 5.41) is 0.132. The van der Waals surface area contributed by atoms with Crippen LogP contribution >= 0.6 is 19.3 Å². The number of hydrogen-bond donors (Lipinski definition) is 1. The molecule has 1 N–H and O–H groups in total. The van der Waals surface area contributed by atoms with Gasteiger partial charge in [0, 0.05) is 11.3 Å². The molecule has 0 atom stereocenters. The second-order valence-corrected chi connectivity index (χ2v) is 10.6. The Morgan fingerprint density at radius 3 is 2.26 bits per heavy atom. The van der Waals surface area contributed by atoms with Crippen LogP contribution < -0.4 is 9.23 Å². The van der Waals surface area contributed by atoms with Crippen LogP contribution in [0.5, 0.6) is 5.75 Å². The van der Waals surface area contributed by atoms with E-state index < -0.39 is 23.6 Å². The first kappa shape index (κ1) is 29.0. The molecule has 14 heteroatoms. The second-order valence-electron chi connectivity index (χ2n) is 6.52. The fourth-order valence-corrected chi connectivity index (χ4v) is 6.52. The minimum atomic E-state index is -4.21. The van der Waals surface area contributed by atoms with Crippen molar-refractivity contribution in [2.45, 2.75) is 18.7 Å². The molecule has 0 unspecified atom stereocenters. The molecular formula is C20H23ClFN3NaO6PS. The molecule has 180 valence electrons. The zero-order valence-corrected chi connectivity index (χ0v) is 20.5. The maximum atomic E-state index is 14.2. The van der Waals surface area contributed by atoms with Gasteiger partial charge in [-0.25, -0.2) is 22.4 Å². The van der Waals surface area contributed by atoms with Gasteiger partial charge in [-0.3, -0.25) is 13.6 Å². The van der Waals surface area contributed by atoms with Gasteiger partial charge in [0.2, 0.25) is 10.0 Å². The summed E-state index contributed by atoms with van der Waals surface area (Å²) in [6.07, 6.45) is 1.43. The van der Waals surface area contributed by atoms with Gasteiger partial charge in [0.05, 0.1) is 30.9 Å². The van der Waals surface area contributed by atoms with Crippen LogP contribution in [0.1, 0.15) is 13.8 Å². The molecule has 0 saturated carbocycles. The monoisotopic (exact) mass is 541 g/mol. The van der Waals surface area contributed by atoms with Crippen LogP contribution in [0.15, 0.2) is 53.7 Å². The van der Waals surface area contributed by atoms with Gasteiger partial charge in [-0.2, -0.15) is 0 Å². The topological polar surface area (TPSA) is 109 Å². The third-order valence-corrected chi connectivity index (χ3v) is 8.62. The summed E-state index contributed by atoms with van der Waals surface area (Å²) in [6.45, 7) is 3.12. The van der Waals surface area contributed by atoms with Crippen molar-refractivity contribution >= 4 is 58.9 Å². The van der Waals surface area contributed by atoms with E-state index in [1.165, 1.54) is 49.8 Å². The Morgan fingerprint density at radius 2 is 1.74 bits per heavy atom. The molecule has 0 aliphatic rings. The SMILES string of the molecule is CCOP(=O)(NS(=O)(=O)c1ccc(-n2cnc(Cl)c2-c2ccc(OC)c(F)c2)cc1)OCC.[NaH]. The summed E-state index contributed by atoms with van der Waals surface area (Å²) in [4.78, 5) is 3.92. The maximum absolute atomic E-state index is 14.2. The van der Waals surface area contributed by atoms with Crippen molar-refractivity contribution in [2.24, 2.45) is 0 Å². The first-order chi connectivity index (χ1) is 15.6. The summed E-state index contributed by atoms with van der Waals surface area (Å²) in [7, 11) is -6.90. The molecule has 34 heavy (non-hydrogen) atoms. The predicted octanol–water partition coefficient (Wildman–Crippen LogP) is 4.15. The first-order valence-corrected chi connectivity index (χ1v) is 13.1. The molecule has 1 heterocycles. The van der Waals surface area contributed by atoms with Crippen molar-refractivity contribution in [3.05, 3.63) is 59.8 Å². The summed E-state index contributed by atoms with van der Waals surface area (Å²) in [5.41, 5.74) is 1.37. The van der Waals surface area contributed by atoms with Crippen molar-refractivity contribution in [1.29, 1.82) is 0 Å². The fraction of sp³-hybridized carbons (Fsp3) is 0.250. The number of sulfonamides is 1. The van der Waals surface area contributed by atoms with Gasteiger partial charge in [-0.05, 0) is 56.3 Å². The molecule has 0 spiro atoms. The van der Waals surface area contributed by atoms with E-state index in [0.29, 0.717) is 16.9 Å². The molecule has 0 aliphatic carbocycles. The normalized spacial score (nSPS) is 11.8. The van der Waals surface area contributed by atoms with Gasteiger partial charge in [-0.15, -0.1) is 4.49 Å². The number of rotatable bonds is 10. The Morgan fingerprint density at radius 1 is 1.12 bits per heavy atom. The number of halogens is 2. The Balaban J connectivity index is 0.00000408. The van der Waals surface area contributed by atoms with Crippen molar-refractivity contribution in [1.82, 2.24) is 14.0 Å². The van der Waals surface area contributed by atoms with E-state index in [1.54, 1.807) is 24.5 Å². The average Bonchev–Trinajstić information content (AvgIpc) is 3.15. The summed E-state index contributed by atoms with van der Waals surface area (Å²) in [6, 6.07) is 9.99.